The van der Waals surface area contributed by atoms with E-state index < -0.39 is 0 Å². The van der Waals surface area contributed by atoms with Gasteiger partial charge in [0.15, 0.2) is 0 Å². The van der Waals surface area contributed by atoms with Crippen molar-refractivity contribution in [3.8, 4) is 5.69 Å². The van der Waals surface area contributed by atoms with Gasteiger partial charge in [0.25, 0.3) is 5.91 Å². The molecule has 1 atom stereocenters. The fourth-order valence-electron chi connectivity index (χ4n) is 3.52. The van der Waals surface area contributed by atoms with Crippen molar-refractivity contribution in [2.75, 3.05) is 19.6 Å². The molecule has 0 aliphatic carbocycles. The Bertz CT molecular complexity index is 982. The molecule has 1 aromatic carbocycles. The first-order valence-electron chi connectivity index (χ1n) is 8.86. The van der Waals surface area contributed by atoms with Crippen LogP contribution in [0, 0.1) is 6.92 Å². The van der Waals surface area contributed by atoms with Crippen molar-refractivity contribution in [3.05, 3.63) is 65.0 Å². The Kier molecular flexibility index (Phi) is 6.07. The fourth-order valence-corrected chi connectivity index (χ4v) is 3.73. The van der Waals surface area contributed by atoms with Gasteiger partial charge in [-0.2, -0.15) is 5.10 Å². The van der Waals surface area contributed by atoms with E-state index >= 15 is 0 Å². The number of hydrogen-bond acceptors (Lipinski definition) is 4. The zero-order chi connectivity index (χ0) is 19.0. The van der Waals surface area contributed by atoms with E-state index in [1.165, 1.54) is 0 Å². The summed E-state index contributed by atoms with van der Waals surface area (Å²) >= 11 is 6.30. The van der Waals surface area contributed by atoms with Gasteiger partial charge in [0, 0.05) is 39.1 Å². The number of carbonyl (C=O) groups is 1. The van der Waals surface area contributed by atoms with Crippen LogP contribution < -0.4 is 5.32 Å². The number of halogens is 2. The maximum absolute atomic E-state index is 13.3. The van der Waals surface area contributed by atoms with E-state index in [2.05, 4.69) is 15.4 Å². The van der Waals surface area contributed by atoms with Crippen LogP contribution in [0.25, 0.3) is 5.69 Å². The van der Waals surface area contributed by atoms with Crippen LogP contribution in [-0.2, 0) is 7.05 Å². The van der Waals surface area contributed by atoms with Gasteiger partial charge < -0.3 is 14.8 Å². The van der Waals surface area contributed by atoms with Gasteiger partial charge in [-0.25, -0.2) is 9.67 Å². The summed E-state index contributed by atoms with van der Waals surface area (Å²) in [5.41, 5.74) is 2.11. The fraction of sp³-hybridized carbons (Fsp3) is 0.316. The number of nitrogens with zero attached hydrogens (tertiary/aromatic N) is 5. The molecule has 1 aliphatic heterocycles. The minimum Gasteiger partial charge on any atom is -0.336 e. The van der Waals surface area contributed by atoms with Crippen LogP contribution in [0.3, 0.4) is 0 Å². The zero-order valence-corrected chi connectivity index (χ0v) is 17.2. The van der Waals surface area contributed by atoms with Crippen LogP contribution in [0.2, 0.25) is 5.02 Å². The molecule has 0 spiro atoms. The second-order valence-corrected chi connectivity index (χ2v) is 7.03. The molecule has 1 aliphatic rings. The van der Waals surface area contributed by atoms with Gasteiger partial charge in [-0.3, -0.25) is 4.79 Å². The third-order valence-corrected chi connectivity index (χ3v) is 5.30. The number of aromatic nitrogens is 4. The predicted octanol–water partition coefficient (Wildman–Crippen LogP) is 2.78. The number of hydrogen-bond donors (Lipinski definition) is 1. The minimum atomic E-state index is -0.116. The van der Waals surface area contributed by atoms with Gasteiger partial charge in [0.05, 0.1) is 28.2 Å². The van der Waals surface area contributed by atoms with Crippen LogP contribution in [0.4, 0.5) is 0 Å². The summed E-state index contributed by atoms with van der Waals surface area (Å²) < 4.78 is 3.67. The highest BCUT2D eigenvalue weighted by molar-refractivity contribution is 6.32. The summed E-state index contributed by atoms with van der Waals surface area (Å²) in [6, 6.07) is 7.35. The number of para-hydroxylation sites is 1. The molecule has 3 heterocycles. The Morgan fingerprint density at radius 2 is 2.11 bits per heavy atom. The molecule has 1 unspecified atom stereocenters. The molecule has 28 heavy (non-hydrogen) atoms. The Morgan fingerprint density at radius 1 is 1.32 bits per heavy atom. The Hall–Kier alpha value is -2.35. The molecule has 1 N–H and O–H groups in total. The van der Waals surface area contributed by atoms with E-state index in [0.29, 0.717) is 23.7 Å². The molecule has 9 heteroatoms. The highest BCUT2D eigenvalue weighted by Gasteiger charge is 2.32. The number of benzene rings is 1. The van der Waals surface area contributed by atoms with E-state index in [1.807, 2.05) is 53.9 Å². The molecular weight excluding hydrogens is 399 g/mol. The smallest absolute Gasteiger partial charge is 0.258 e. The second kappa shape index (κ2) is 8.34. The highest BCUT2D eigenvalue weighted by Crippen LogP contribution is 2.26. The quantitative estimate of drug-likeness (QED) is 0.707. The van der Waals surface area contributed by atoms with Crippen molar-refractivity contribution in [2.24, 2.45) is 7.05 Å². The monoisotopic (exact) mass is 420 g/mol. The second-order valence-electron chi connectivity index (χ2n) is 6.62. The van der Waals surface area contributed by atoms with E-state index in [9.17, 15) is 4.79 Å². The van der Waals surface area contributed by atoms with E-state index in [1.54, 1.807) is 17.1 Å². The molecule has 0 radical (unpaired) electrons. The van der Waals surface area contributed by atoms with Crippen molar-refractivity contribution >= 4 is 29.9 Å². The van der Waals surface area contributed by atoms with Gasteiger partial charge >= 0.3 is 0 Å². The van der Waals surface area contributed by atoms with E-state index in [0.717, 1.165) is 23.8 Å². The molecule has 1 amide bonds. The summed E-state index contributed by atoms with van der Waals surface area (Å²) in [7, 11) is 1.94. The van der Waals surface area contributed by atoms with Crippen molar-refractivity contribution in [1.82, 2.24) is 29.5 Å². The highest BCUT2D eigenvalue weighted by atomic mass is 35.5. The van der Waals surface area contributed by atoms with Crippen molar-refractivity contribution in [1.29, 1.82) is 0 Å². The Morgan fingerprint density at radius 3 is 2.82 bits per heavy atom. The number of amides is 1. The third-order valence-electron chi connectivity index (χ3n) is 4.98. The summed E-state index contributed by atoms with van der Waals surface area (Å²) in [6.45, 7) is 3.94. The number of rotatable bonds is 3. The SMILES string of the molecule is Cc1c(C(=O)N2CCNCC2c2nccn2C)cnn1-c1ccccc1Cl.Cl. The number of carbonyl (C=O) groups excluding carboxylic acids is 1. The Balaban J connectivity index is 0.00000225. The van der Waals surface area contributed by atoms with Crippen LogP contribution in [-0.4, -0.2) is 49.8 Å². The lowest BCUT2D eigenvalue weighted by molar-refractivity contribution is 0.0620. The van der Waals surface area contributed by atoms with Gasteiger partial charge in [0.2, 0.25) is 0 Å². The average Bonchev–Trinajstić information content (AvgIpc) is 3.27. The molecule has 7 nitrogen and oxygen atoms in total. The summed E-state index contributed by atoms with van der Waals surface area (Å²) in [5.74, 6) is 0.826. The van der Waals surface area contributed by atoms with Crippen molar-refractivity contribution in [3.63, 3.8) is 0 Å². The van der Waals surface area contributed by atoms with E-state index in [4.69, 9.17) is 11.6 Å². The molecular formula is C19H22Cl2N6O. The first-order chi connectivity index (χ1) is 13.1. The van der Waals surface area contributed by atoms with Crippen LogP contribution in [0.1, 0.15) is 27.9 Å². The molecule has 1 fully saturated rings. The maximum Gasteiger partial charge on any atom is 0.258 e. The maximum atomic E-state index is 13.3. The lowest BCUT2D eigenvalue weighted by atomic mass is 10.1. The topological polar surface area (TPSA) is 68.0 Å². The molecule has 4 rings (SSSR count). The minimum absolute atomic E-state index is 0. The van der Waals surface area contributed by atoms with Crippen molar-refractivity contribution in [2.45, 2.75) is 13.0 Å². The molecule has 0 bridgehead atoms. The Labute approximate surface area is 174 Å². The van der Waals surface area contributed by atoms with Gasteiger partial charge in [0.1, 0.15) is 11.9 Å². The first kappa shape index (κ1) is 20.4. The lowest BCUT2D eigenvalue weighted by Gasteiger charge is -2.35. The molecule has 3 aromatic rings. The van der Waals surface area contributed by atoms with E-state index in [-0.39, 0.29) is 24.4 Å². The van der Waals surface area contributed by atoms with Gasteiger partial charge in [-0.15, -0.1) is 12.4 Å². The zero-order valence-electron chi connectivity index (χ0n) is 15.7. The predicted molar refractivity (Wildman–Crippen MR) is 110 cm³/mol. The first-order valence-corrected chi connectivity index (χ1v) is 9.24. The lowest BCUT2D eigenvalue weighted by Crippen LogP contribution is -2.49. The molecule has 148 valence electrons. The molecule has 0 saturated carbocycles. The standard InChI is InChI=1S/C19H21ClN6O.ClH/c1-13-14(11-23-26(13)16-6-4-3-5-15(16)20)19(27)25-10-7-21-12-17(25)18-22-8-9-24(18)2;/h3-6,8-9,11,17,21H,7,10,12H2,1-2H3;1H. The normalized spacial score (nSPS) is 16.7. The average molecular weight is 421 g/mol. The molecule has 1 saturated heterocycles. The number of nitrogens with one attached hydrogen (secondary N) is 1. The number of piperazine rings is 1. The third kappa shape index (κ3) is 3.53. The van der Waals surface area contributed by atoms with Crippen LogP contribution >= 0.6 is 24.0 Å². The summed E-state index contributed by atoms with van der Waals surface area (Å²) in [5, 5.41) is 8.36. The van der Waals surface area contributed by atoms with Crippen LogP contribution in [0.5, 0.6) is 0 Å². The summed E-state index contributed by atoms with van der Waals surface area (Å²) in [4.78, 5) is 19.7. The summed E-state index contributed by atoms with van der Waals surface area (Å²) in [6.07, 6.45) is 5.28. The van der Waals surface area contributed by atoms with Crippen molar-refractivity contribution < 1.29 is 4.79 Å². The van der Waals surface area contributed by atoms with Gasteiger partial charge in [-0.1, -0.05) is 23.7 Å². The number of aryl methyl sites for hydroxylation is 1. The molecule has 2 aromatic heterocycles. The van der Waals surface area contributed by atoms with Crippen LogP contribution in [0.15, 0.2) is 42.9 Å². The number of imidazole rings is 1. The largest absolute Gasteiger partial charge is 0.336 e. The van der Waals surface area contributed by atoms with Gasteiger partial charge in [-0.05, 0) is 19.1 Å².